The van der Waals surface area contributed by atoms with Gasteiger partial charge in [0.15, 0.2) is 0 Å². The summed E-state index contributed by atoms with van der Waals surface area (Å²) >= 11 is 0. The van der Waals surface area contributed by atoms with E-state index in [2.05, 4.69) is 15.3 Å². The number of aromatic amines is 1. The van der Waals surface area contributed by atoms with Crippen molar-refractivity contribution in [1.29, 1.82) is 0 Å². The van der Waals surface area contributed by atoms with Gasteiger partial charge in [0.1, 0.15) is 17.5 Å². The second-order valence-corrected chi connectivity index (χ2v) is 4.37. The van der Waals surface area contributed by atoms with Crippen LogP contribution in [0.4, 0.5) is 8.78 Å². The molecule has 106 valence electrons. The first kappa shape index (κ1) is 14.2. The number of nitrogens with zero attached hydrogens (tertiary/aromatic N) is 1. The fourth-order valence-electron chi connectivity index (χ4n) is 1.84. The summed E-state index contributed by atoms with van der Waals surface area (Å²) in [5.74, 6) is -0.945. The smallest absolute Gasteiger partial charge is 0.224 e. The van der Waals surface area contributed by atoms with Gasteiger partial charge in [-0.05, 0) is 18.6 Å². The van der Waals surface area contributed by atoms with E-state index in [4.69, 9.17) is 0 Å². The molecular weight excluding hydrogens is 264 g/mol. The van der Waals surface area contributed by atoms with E-state index in [-0.39, 0.29) is 12.0 Å². The summed E-state index contributed by atoms with van der Waals surface area (Å²) in [6.07, 6.45) is 4.52. The number of halogens is 2. The molecule has 1 aromatic heterocycles. The number of nitrogens with one attached hydrogen (secondary N) is 2. The van der Waals surface area contributed by atoms with E-state index in [0.29, 0.717) is 19.4 Å². The van der Waals surface area contributed by atoms with Gasteiger partial charge in [0.2, 0.25) is 5.91 Å². The molecule has 1 heterocycles. The average Bonchev–Trinajstić information content (AvgIpc) is 2.92. The van der Waals surface area contributed by atoms with Crippen LogP contribution in [-0.4, -0.2) is 22.4 Å². The van der Waals surface area contributed by atoms with E-state index in [9.17, 15) is 13.6 Å². The lowest BCUT2D eigenvalue weighted by Gasteiger charge is -2.06. The van der Waals surface area contributed by atoms with Gasteiger partial charge in [-0.1, -0.05) is 6.07 Å². The van der Waals surface area contributed by atoms with Crippen LogP contribution in [0.25, 0.3) is 0 Å². The molecule has 2 rings (SSSR count). The highest BCUT2D eigenvalue weighted by atomic mass is 19.1. The lowest BCUT2D eigenvalue weighted by atomic mass is 10.1. The number of amides is 1. The number of H-pyrrole nitrogens is 1. The average molecular weight is 279 g/mol. The monoisotopic (exact) mass is 279 g/mol. The molecular formula is C14H15F2N3O. The number of carbonyl (C=O) groups is 1. The number of rotatable bonds is 6. The summed E-state index contributed by atoms with van der Waals surface area (Å²) < 4.78 is 26.7. The third-order valence-corrected chi connectivity index (χ3v) is 2.87. The summed E-state index contributed by atoms with van der Waals surface area (Å²) in [4.78, 5) is 18.6. The van der Waals surface area contributed by atoms with Crippen molar-refractivity contribution in [2.45, 2.75) is 19.3 Å². The molecule has 4 nitrogen and oxygen atoms in total. The van der Waals surface area contributed by atoms with Crippen LogP contribution in [-0.2, 0) is 17.6 Å². The predicted molar refractivity (Wildman–Crippen MR) is 70.0 cm³/mol. The summed E-state index contributed by atoms with van der Waals surface area (Å²) in [5.41, 5.74) is -0.198. The Balaban J connectivity index is 1.75. The highest BCUT2D eigenvalue weighted by Crippen LogP contribution is 2.12. The molecule has 0 unspecified atom stereocenters. The van der Waals surface area contributed by atoms with Crippen molar-refractivity contribution in [3.8, 4) is 0 Å². The molecule has 0 fully saturated rings. The Morgan fingerprint density at radius 1 is 1.30 bits per heavy atom. The normalized spacial score (nSPS) is 10.5. The van der Waals surface area contributed by atoms with E-state index in [0.717, 1.165) is 18.0 Å². The number of benzene rings is 1. The third kappa shape index (κ3) is 3.88. The molecule has 1 amide bonds. The molecule has 0 saturated carbocycles. The van der Waals surface area contributed by atoms with Crippen molar-refractivity contribution in [3.63, 3.8) is 0 Å². The Bertz CT molecular complexity index is 550. The minimum atomic E-state index is -0.698. The van der Waals surface area contributed by atoms with E-state index in [1.807, 2.05) is 0 Å². The van der Waals surface area contributed by atoms with Crippen molar-refractivity contribution in [2.75, 3.05) is 6.54 Å². The number of carbonyl (C=O) groups excluding carboxylic acids is 1. The second kappa shape index (κ2) is 6.79. The highest BCUT2D eigenvalue weighted by Gasteiger charge is 2.12. The first-order valence-electron chi connectivity index (χ1n) is 6.34. The Morgan fingerprint density at radius 2 is 2.05 bits per heavy atom. The predicted octanol–water partition coefficient (Wildman–Crippen LogP) is 1.98. The van der Waals surface area contributed by atoms with Gasteiger partial charge in [-0.15, -0.1) is 0 Å². The van der Waals surface area contributed by atoms with Gasteiger partial charge in [0.25, 0.3) is 0 Å². The van der Waals surface area contributed by atoms with Gasteiger partial charge < -0.3 is 10.3 Å². The van der Waals surface area contributed by atoms with Crippen LogP contribution in [0.1, 0.15) is 17.8 Å². The van der Waals surface area contributed by atoms with Crippen molar-refractivity contribution in [1.82, 2.24) is 15.3 Å². The van der Waals surface area contributed by atoms with Gasteiger partial charge >= 0.3 is 0 Å². The van der Waals surface area contributed by atoms with Gasteiger partial charge in [-0.25, -0.2) is 13.8 Å². The van der Waals surface area contributed by atoms with Crippen LogP contribution in [0.3, 0.4) is 0 Å². The highest BCUT2D eigenvalue weighted by molar-refractivity contribution is 5.78. The Morgan fingerprint density at radius 3 is 2.70 bits per heavy atom. The summed E-state index contributed by atoms with van der Waals surface area (Å²) in [6.45, 7) is 0.440. The van der Waals surface area contributed by atoms with Crippen molar-refractivity contribution in [2.24, 2.45) is 0 Å². The van der Waals surface area contributed by atoms with Gasteiger partial charge in [-0.3, -0.25) is 4.79 Å². The molecule has 0 aliphatic rings. The lowest BCUT2D eigenvalue weighted by molar-refractivity contribution is -0.120. The molecule has 0 saturated heterocycles. The number of aromatic nitrogens is 2. The molecule has 2 aromatic rings. The van der Waals surface area contributed by atoms with Gasteiger partial charge in [0.05, 0.1) is 6.42 Å². The Hall–Kier alpha value is -2.24. The van der Waals surface area contributed by atoms with Crippen LogP contribution >= 0.6 is 0 Å². The number of imidazole rings is 1. The zero-order valence-electron chi connectivity index (χ0n) is 10.8. The fraction of sp³-hybridized carbons (Fsp3) is 0.286. The maximum atomic E-state index is 13.4. The van der Waals surface area contributed by atoms with E-state index < -0.39 is 17.5 Å². The molecule has 2 N–H and O–H groups in total. The van der Waals surface area contributed by atoms with E-state index >= 15 is 0 Å². The van der Waals surface area contributed by atoms with Crippen LogP contribution in [0.2, 0.25) is 0 Å². The SMILES string of the molecule is O=C(Cc1c(F)cccc1F)NCCCc1ncc[nH]1. The fourth-order valence-corrected chi connectivity index (χ4v) is 1.84. The molecule has 20 heavy (non-hydrogen) atoms. The van der Waals surface area contributed by atoms with Crippen LogP contribution in [0.15, 0.2) is 30.6 Å². The van der Waals surface area contributed by atoms with Crippen molar-refractivity contribution < 1.29 is 13.6 Å². The first-order chi connectivity index (χ1) is 9.66. The standard InChI is InChI=1S/C14H15F2N3O/c15-11-3-1-4-12(16)10(11)9-14(20)19-6-2-5-13-17-7-8-18-13/h1,3-4,7-8H,2,5-6,9H2,(H,17,18)(H,19,20). The lowest BCUT2D eigenvalue weighted by Crippen LogP contribution is -2.27. The van der Waals surface area contributed by atoms with Gasteiger partial charge in [-0.2, -0.15) is 0 Å². The van der Waals surface area contributed by atoms with E-state index in [1.54, 1.807) is 12.4 Å². The first-order valence-corrected chi connectivity index (χ1v) is 6.34. The zero-order valence-corrected chi connectivity index (χ0v) is 10.8. The largest absolute Gasteiger partial charge is 0.356 e. The number of hydrogen-bond donors (Lipinski definition) is 2. The van der Waals surface area contributed by atoms with Crippen molar-refractivity contribution in [3.05, 3.63) is 53.6 Å². The molecule has 0 atom stereocenters. The number of hydrogen-bond acceptors (Lipinski definition) is 2. The maximum Gasteiger partial charge on any atom is 0.224 e. The van der Waals surface area contributed by atoms with Crippen LogP contribution in [0, 0.1) is 11.6 Å². The Labute approximate surface area is 115 Å². The maximum absolute atomic E-state index is 13.4. The zero-order chi connectivity index (χ0) is 14.4. The van der Waals surface area contributed by atoms with Crippen LogP contribution in [0.5, 0.6) is 0 Å². The molecule has 6 heteroatoms. The minimum absolute atomic E-state index is 0.198. The quantitative estimate of drug-likeness (QED) is 0.794. The van der Waals surface area contributed by atoms with E-state index in [1.165, 1.54) is 6.07 Å². The molecule has 0 aliphatic carbocycles. The summed E-state index contributed by atoms with van der Waals surface area (Å²) in [6, 6.07) is 3.56. The van der Waals surface area contributed by atoms with Crippen molar-refractivity contribution >= 4 is 5.91 Å². The Kier molecular flexibility index (Phi) is 4.81. The summed E-state index contributed by atoms with van der Waals surface area (Å²) in [7, 11) is 0. The van der Waals surface area contributed by atoms with Gasteiger partial charge in [0, 0.05) is 30.9 Å². The number of aryl methyl sites for hydroxylation is 1. The second-order valence-electron chi connectivity index (χ2n) is 4.37. The molecule has 0 aliphatic heterocycles. The molecule has 0 bridgehead atoms. The molecule has 0 spiro atoms. The third-order valence-electron chi connectivity index (χ3n) is 2.87. The molecule has 1 aromatic carbocycles. The molecule has 0 radical (unpaired) electrons. The summed E-state index contributed by atoms with van der Waals surface area (Å²) in [5, 5.41) is 2.63. The van der Waals surface area contributed by atoms with Crippen LogP contribution < -0.4 is 5.32 Å². The topological polar surface area (TPSA) is 57.8 Å². The minimum Gasteiger partial charge on any atom is -0.356 e.